The van der Waals surface area contributed by atoms with E-state index in [9.17, 15) is 4.79 Å². The Balaban J connectivity index is 2.46. The van der Waals surface area contributed by atoms with E-state index in [4.69, 9.17) is 5.84 Å². The van der Waals surface area contributed by atoms with Crippen molar-refractivity contribution in [3.8, 4) is 0 Å². The highest BCUT2D eigenvalue weighted by atomic mass is 16.2. The molecule has 4 N–H and O–H groups in total. The number of nitrogens with two attached hydrogens (primary N) is 1. The topological polar surface area (TPSA) is 67.2 Å². The van der Waals surface area contributed by atoms with Gasteiger partial charge in [-0.25, -0.2) is 5.84 Å². The molecule has 0 unspecified atom stereocenters. The Hall–Kier alpha value is -0.610. The third kappa shape index (κ3) is 1.27. The predicted molar refractivity (Wildman–Crippen MR) is 37.9 cm³/mol. The molecule has 0 aromatic carbocycles. The molecule has 4 nitrogen and oxygen atoms in total. The number of hydrazine groups is 1. The van der Waals surface area contributed by atoms with Crippen molar-refractivity contribution in [1.82, 2.24) is 10.7 Å². The molecule has 1 aliphatic rings. The van der Waals surface area contributed by atoms with E-state index in [0.717, 1.165) is 13.0 Å². The number of hydrogen-bond donors (Lipinski definition) is 3. The number of amides is 1. The maximum absolute atomic E-state index is 10.9. The first-order valence-corrected chi connectivity index (χ1v) is 3.49. The van der Waals surface area contributed by atoms with E-state index < -0.39 is 0 Å². The largest absolute Gasteiger partial charge is 0.306 e. The van der Waals surface area contributed by atoms with Crippen LogP contribution < -0.4 is 16.6 Å². The summed E-state index contributed by atoms with van der Waals surface area (Å²) in [5.74, 6) is 5.27. The van der Waals surface area contributed by atoms with Gasteiger partial charge in [-0.05, 0) is 18.9 Å². The van der Waals surface area contributed by atoms with Crippen LogP contribution >= 0.6 is 0 Å². The van der Waals surface area contributed by atoms with Crippen LogP contribution in [0.5, 0.6) is 0 Å². The van der Waals surface area contributed by atoms with E-state index in [2.05, 4.69) is 10.7 Å². The number of rotatable bonds is 1. The standard InChI is InChI=1S/C6H13N3O/c1-4-2-3-8-5(4)6(10)9-7/h4-5,8H,2-3,7H2,1H3,(H,9,10)/t4-,5-/m0/s1. The van der Waals surface area contributed by atoms with Gasteiger partial charge in [0.1, 0.15) is 0 Å². The molecule has 0 bridgehead atoms. The molecule has 10 heavy (non-hydrogen) atoms. The molecule has 1 rings (SSSR count). The van der Waals surface area contributed by atoms with E-state index >= 15 is 0 Å². The third-order valence-electron chi connectivity index (χ3n) is 1.96. The van der Waals surface area contributed by atoms with Crippen LogP contribution in [0.2, 0.25) is 0 Å². The average Bonchev–Trinajstić information content (AvgIpc) is 2.34. The summed E-state index contributed by atoms with van der Waals surface area (Å²) in [7, 11) is 0. The summed E-state index contributed by atoms with van der Waals surface area (Å²) in [5.41, 5.74) is 2.14. The summed E-state index contributed by atoms with van der Waals surface area (Å²) in [6.45, 7) is 2.96. The van der Waals surface area contributed by atoms with Crippen LogP contribution in [0.1, 0.15) is 13.3 Å². The zero-order valence-corrected chi connectivity index (χ0v) is 6.05. The lowest BCUT2D eigenvalue weighted by atomic mass is 10.0. The van der Waals surface area contributed by atoms with Crippen molar-refractivity contribution in [1.29, 1.82) is 0 Å². The first-order valence-electron chi connectivity index (χ1n) is 3.49. The van der Waals surface area contributed by atoms with Crippen molar-refractivity contribution in [2.24, 2.45) is 11.8 Å². The fourth-order valence-corrected chi connectivity index (χ4v) is 1.28. The molecule has 1 amide bonds. The summed E-state index contributed by atoms with van der Waals surface area (Å²) in [5, 5.41) is 3.06. The van der Waals surface area contributed by atoms with Gasteiger partial charge in [-0.15, -0.1) is 0 Å². The lowest BCUT2D eigenvalue weighted by molar-refractivity contribution is -0.123. The number of hydrogen-bond acceptors (Lipinski definition) is 3. The lowest BCUT2D eigenvalue weighted by Gasteiger charge is -2.12. The Morgan fingerprint density at radius 1 is 1.80 bits per heavy atom. The van der Waals surface area contributed by atoms with Gasteiger partial charge in [-0.3, -0.25) is 10.2 Å². The zero-order valence-electron chi connectivity index (χ0n) is 6.05. The zero-order chi connectivity index (χ0) is 7.56. The molecule has 0 radical (unpaired) electrons. The molecule has 58 valence electrons. The maximum Gasteiger partial charge on any atom is 0.251 e. The Labute approximate surface area is 60.1 Å². The van der Waals surface area contributed by atoms with Crippen LogP contribution in [-0.2, 0) is 4.79 Å². The second-order valence-electron chi connectivity index (χ2n) is 2.71. The minimum Gasteiger partial charge on any atom is -0.306 e. The van der Waals surface area contributed by atoms with Crippen LogP contribution in [0.4, 0.5) is 0 Å². The molecule has 0 aliphatic carbocycles. The molecular weight excluding hydrogens is 130 g/mol. The maximum atomic E-state index is 10.9. The monoisotopic (exact) mass is 143 g/mol. The predicted octanol–water partition coefficient (Wildman–Crippen LogP) is -1.03. The van der Waals surface area contributed by atoms with E-state index in [1.165, 1.54) is 0 Å². The first kappa shape index (κ1) is 7.50. The van der Waals surface area contributed by atoms with Crippen molar-refractivity contribution < 1.29 is 4.79 Å². The Morgan fingerprint density at radius 2 is 2.50 bits per heavy atom. The molecule has 2 atom stereocenters. The fourth-order valence-electron chi connectivity index (χ4n) is 1.28. The number of carbonyl (C=O) groups is 1. The Kier molecular flexibility index (Phi) is 2.24. The molecular formula is C6H13N3O. The molecule has 1 fully saturated rings. The summed E-state index contributed by atoms with van der Waals surface area (Å²) >= 11 is 0. The van der Waals surface area contributed by atoms with Crippen molar-refractivity contribution in [2.75, 3.05) is 6.54 Å². The van der Waals surface area contributed by atoms with E-state index in [1.54, 1.807) is 0 Å². The highest BCUT2D eigenvalue weighted by Gasteiger charge is 2.28. The van der Waals surface area contributed by atoms with Gasteiger partial charge >= 0.3 is 0 Å². The molecule has 0 aromatic rings. The second kappa shape index (κ2) is 2.98. The second-order valence-corrected chi connectivity index (χ2v) is 2.71. The minimum atomic E-state index is -0.106. The van der Waals surface area contributed by atoms with Crippen LogP contribution in [-0.4, -0.2) is 18.5 Å². The van der Waals surface area contributed by atoms with Crippen molar-refractivity contribution in [3.63, 3.8) is 0 Å². The van der Waals surface area contributed by atoms with E-state index in [1.807, 2.05) is 6.92 Å². The molecule has 0 aromatic heterocycles. The third-order valence-corrected chi connectivity index (χ3v) is 1.96. The van der Waals surface area contributed by atoms with Gasteiger partial charge in [-0.1, -0.05) is 6.92 Å². The van der Waals surface area contributed by atoms with Gasteiger partial charge in [0, 0.05) is 0 Å². The highest BCUT2D eigenvalue weighted by molar-refractivity contribution is 5.81. The van der Waals surface area contributed by atoms with Crippen molar-refractivity contribution >= 4 is 5.91 Å². The normalized spacial score (nSPS) is 32.2. The quantitative estimate of drug-likeness (QED) is 0.250. The van der Waals surface area contributed by atoms with Gasteiger partial charge in [0.2, 0.25) is 0 Å². The minimum absolute atomic E-state index is 0.0787. The highest BCUT2D eigenvalue weighted by Crippen LogP contribution is 2.13. The van der Waals surface area contributed by atoms with Crippen molar-refractivity contribution in [3.05, 3.63) is 0 Å². The SMILES string of the molecule is C[C@H]1CCN[C@@H]1C(=O)NN. The number of carbonyl (C=O) groups excluding carboxylic acids is 1. The van der Waals surface area contributed by atoms with Crippen molar-refractivity contribution in [2.45, 2.75) is 19.4 Å². The van der Waals surface area contributed by atoms with Gasteiger partial charge in [0.15, 0.2) is 0 Å². The van der Waals surface area contributed by atoms with E-state index in [0.29, 0.717) is 5.92 Å². The summed E-state index contributed by atoms with van der Waals surface area (Å²) in [4.78, 5) is 10.9. The molecule has 1 aliphatic heterocycles. The van der Waals surface area contributed by atoms with Crippen LogP contribution in [0.25, 0.3) is 0 Å². The van der Waals surface area contributed by atoms with Gasteiger partial charge in [0.25, 0.3) is 5.91 Å². The molecule has 1 heterocycles. The number of nitrogens with one attached hydrogen (secondary N) is 2. The summed E-state index contributed by atoms with van der Waals surface area (Å²) in [6.07, 6.45) is 1.05. The van der Waals surface area contributed by atoms with Crippen LogP contribution in [0.3, 0.4) is 0 Å². The van der Waals surface area contributed by atoms with Crippen LogP contribution in [0, 0.1) is 5.92 Å². The summed E-state index contributed by atoms with van der Waals surface area (Å²) < 4.78 is 0. The molecule has 1 saturated heterocycles. The fraction of sp³-hybridized carbons (Fsp3) is 0.833. The first-order chi connectivity index (χ1) is 4.75. The Bertz CT molecular complexity index is 137. The summed E-state index contributed by atoms with van der Waals surface area (Å²) in [6, 6.07) is -0.0787. The smallest absolute Gasteiger partial charge is 0.251 e. The molecule has 0 saturated carbocycles. The van der Waals surface area contributed by atoms with Crippen LogP contribution in [0.15, 0.2) is 0 Å². The van der Waals surface area contributed by atoms with Gasteiger partial charge in [-0.2, -0.15) is 0 Å². The lowest BCUT2D eigenvalue weighted by Crippen LogP contribution is -2.46. The molecule has 0 spiro atoms. The van der Waals surface area contributed by atoms with E-state index in [-0.39, 0.29) is 11.9 Å². The van der Waals surface area contributed by atoms with Gasteiger partial charge in [0.05, 0.1) is 6.04 Å². The van der Waals surface area contributed by atoms with Gasteiger partial charge < -0.3 is 5.32 Å². The average molecular weight is 143 g/mol. The molecule has 4 heteroatoms. The Morgan fingerprint density at radius 3 is 2.90 bits per heavy atom.